The average molecular weight is 583 g/mol. The van der Waals surface area contributed by atoms with E-state index in [1.807, 2.05) is 0 Å². The number of carbonyl (C=O) groups is 2. The molecule has 3 aromatic rings. The van der Waals surface area contributed by atoms with Crippen molar-refractivity contribution in [3.8, 4) is 0 Å². The van der Waals surface area contributed by atoms with Gasteiger partial charge in [0.2, 0.25) is 11.8 Å². The van der Waals surface area contributed by atoms with E-state index in [9.17, 15) is 18.0 Å². The molecule has 0 aliphatic rings. The Hall–Kier alpha value is -2.78. The van der Waals surface area contributed by atoms with E-state index in [1.54, 1.807) is 55.5 Å². The smallest absolute Gasteiger partial charge is 0.264 e. The highest BCUT2D eigenvalue weighted by atomic mass is 35.5. The summed E-state index contributed by atoms with van der Waals surface area (Å²) < 4.78 is 28.3. The SMILES string of the molecule is CCC(C(=O)NC)N(Cc1ccc(Cl)c(Cl)c1)C(=O)CN(c1ccc(Cl)cc1)S(=O)(=O)c1ccccc1. The molecule has 0 saturated heterocycles. The molecule has 2 amide bonds. The van der Waals surface area contributed by atoms with Gasteiger partial charge in [0.25, 0.3) is 10.0 Å². The Labute approximate surface area is 232 Å². The van der Waals surface area contributed by atoms with Gasteiger partial charge in [0, 0.05) is 18.6 Å². The summed E-state index contributed by atoms with van der Waals surface area (Å²) in [4.78, 5) is 27.9. The van der Waals surface area contributed by atoms with Gasteiger partial charge in [0.1, 0.15) is 12.6 Å². The number of hydrogen-bond acceptors (Lipinski definition) is 4. The zero-order valence-electron chi connectivity index (χ0n) is 20.2. The molecule has 196 valence electrons. The Balaban J connectivity index is 2.05. The van der Waals surface area contributed by atoms with Crippen LogP contribution in [0.15, 0.2) is 77.7 Å². The summed E-state index contributed by atoms with van der Waals surface area (Å²) in [5.41, 5.74) is 0.887. The third kappa shape index (κ3) is 6.96. The van der Waals surface area contributed by atoms with E-state index < -0.39 is 28.5 Å². The number of nitrogens with one attached hydrogen (secondary N) is 1. The molecule has 0 radical (unpaired) electrons. The van der Waals surface area contributed by atoms with Crippen molar-refractivity contribution < 1.29 is 18.0 Å². The Morgan fingerprint density at radius 2 is 1.57 bits per heavy atom. The maximum Gasteiger partial charge on any atom is 0.264 e. The summed E-state index contributed by atoms with van der Waals surface area (Å²) in [6.45, 7) is 1.24. The number of amides is 2. The number of anilines is 1. The van der Waals surface area contributed by atoms with E-state index in [4.69, 9.17) is 34.8 Å². The normalized spacial score (nSPS) is 12.0. The quantitative estimate of drug-likeness (QED) is 0.347. The van der Waals surface area contributed by atoms with Crippen LogP contribution in [0.2, 0.25) is 15.1 Å². The average Bonchev–Trinajstić information content (AvgIpc) is 2.89. The molecule has 1 atom stereocenters. The molecule has 1 N–H and O–H groups in total. The number of sulfonamides is 1. The molecule has 0 spiro atoms. The maximum atomic E-state index is 13.8. The monoisotopic (exact) mass is 581 g/mol. The van der Waals surface area contributed by atoms with E-state index >= 15 is 0 Å². The highest BCUT2D eigenvalue weighted by Gasteiger charge is 2.33. The van der Waals surface area contributed by atoms with Crippen molar-refractivity contribution in [3.05, 3.63) is 93.4 Å². The fourth-order valence-electron chi connectivity index (χ4n) is 3.78. The number of benzene rings is 3. The summed E-state index contributed by atoms with van der Waals surface area (Å²) in [6.07, 6.45) is 0.305. The largest absolute Gasteiger partial charge is 0.357 e. The summed E-state index contributed by atoms with van der Waals surface area (Å²) >= 11 is 18.2. The van der Waals surface area contributed by atoms with Crippen molar-refractivity contribution in [3.63, 3.8) is 0 Å². The van der Waals surface area contributed by atoms with Gasteiger partial charge >= 0.3 is 0 Å². The summed E-state index contributed by atoms with van der Waals surface area (Å²) in [6, 6.07) is 18.0. The predicted octanol–water partition coefficient (Wildman–Crippen LogP) is 5.40. The number of likely N-dealkylation sites (N-methyl/N-ethyl adjacent to an activating group) is 1. The zero-order chi connectivity index (χ0) is 27.2. The number of hydrogen-bond donors (Lipinski definition) is 1. The Bertz CT molecular complexity index is 1350. The highest BCUT2D eigenvalue weighted by molar-refractivity contribution is 7.92. The summed E-state index contributed by atoms with van der Waals surface area (Å²) in [7, 11) is -2.66. The van der Waals surface area contributed by atoms with Gasteiger partial charge in [-0.15, -0.1) is 0 Å². The molecule has 1 unspecified atom stereocenters. The van der Waals surface area contributed by atoms with Gasteiger partial charge in [-0.1, -0.05) is 66.0 Å². The molecule has 0 aliphatic heterocycles. The lowest BCUT2D eigenvalue weighted by atomic mass is 10.1. The Morgan fingerprint density at radius 1 is 0.919 bits per heavy atom. The van der Waals surface area contributed by atoms with Crippen molar-refractivity contribution in [2.75, 3.05) is 17.9 Å². The molecule has 0 fully saturated rings. The summed E-state index contributed by atoms with van der Waals surface area (Å²) in [5.74, 6) is -0.948. The first kappa shape index (κ1) is 28.8. The van der Waals surface area contributed by atoms with E-state index in [0.29, 0.717) is 27.1 Å². The predicted molar refractivity (Wildman–Crippen MR) is 148 cm³/mol. The minimum atomic E-state index is -4.14. The number of halogens is 3. The van der Waals surface area contributed by atoms with Crippen LogP contribution >= 0.6 is 34.8 Å². The van der Waals surface area contributed by atoms with E-state index in [0.717, 1.165) is 4.31 Å². The van der Waals surface area contributed by atoms with Crippen LogP contribution in [0.4, 0.5) is 5.69 Å². The zero-order valence-corrected chi connectivity index (χ0v) is 23.3. The summed E-state index contributed by atoms with van der Waals surface area (Å²) in [5, 5.41) is 3.65. The van der Waals surface area contributed by atoms with Gasteiger partial charge in [0.15, 0.2) is 0 Å². The second-order valence-corrected chi connectivity index (χ2v) is 11.2. The second kappa shape index (κ2) is 12.6. The van der Waals surface area contributed by atoms with Crippen molar-refractivity contribution in [1.29, 1.82) is 0 Å². The van der Waals surface area contributed by atoms with E-state index in [-0.39, 0.29) is 23.0 Å². The molecule has 7 nitrogen and oxygen atoms in total. The van der Waals surface area contributed by atoms with Crippen molar-refractivity contribution in [2.24, 2.45) is 0 Å². The first-order valence-corrected chi connectivity index (χ1v) is 13.9. The number of nitrogens with zero attached hydrogens (tertiary/aromatic N) is 2. The fourth-order valence-corrected chi connectivity index (χ4v) is 5.66. The maximum absolute atomic E-state index is 13.8. The lowest BCUT2D eigenvalue weighted by Gasteiger charge is -2.33. The fraction of sp³-hybridized carbons (Fsp3) is 0.231. The molecular weight excluding hydrogens is 557 g/mol. The minimum Gasteiger partial charge on any atom is -0.357 e. The van der Waals surface area contributed by atoms with Crippen molar-refractivity contribution in [2.45, 2.75) is 30.8 Å². The van der Waals surface area contributed by atoms with Crippen LogP contribution in [0.1, 0.15) is 18.9 Å². The first-order valence-electron chi connectivity index (χ1n) is 11.4. The lowest BCUT2D eigenvalue weighted by molar-refractivity contribution is -0.140. The van der Waals surface area contributed by atoms with Gasteiger partial charge in [-0.3, -0.25) is 13.9 Å². The molecule has 0 aromatic heterocycles. The highest BCUT2D eigenvalue weighted by Crippen LogP contribution is 2.27. The van der Waals surface area contributed by atoms with E-state index in [1.165, 1.54) is 36.2 Å². The second-order valence-electron chi connectivity index (χ2n) is 8.11. The van der Waals surface area contributed by atoms with Crippen LogP contribution in [0.3, 0.4) is 0 Å². The number of rotatable bonds is 10. The van der Waals surface area contributed by atoms with Crippen LogP contribution in [-0.2, 0) is 26.2 Å². The molecule has 0 heterocycles. The van der Waals surface area contributed by atoms with Crippen LogP contribution in [0, 0.1) is 0 Å². The van der Waals surface area contributed by atoms with Gasteiger partial charge in [-0.25, -0.2) is 8.42 Å². The standard InChI is InChI=1S/C26H26Cl3N3O4S/c1-3-24(26(34)30-2)31(16-18-9-14-22(28)23(29)15-18)25(33)17-32(20-12-10-19(27)11-13-20)37(35,36)21-7-5-4-6-8-21/h4-15,24H,3,16-17H2,1-2H3,(H,30,34). The van der Waals surface area contributed by atoms with Gasteiger partial charge in [0.05, 0.1) is 20.6 Å². The molecule has 0 saturated carbocycles. The van der Waals surface area contributed by atoms with Crippen LogP contribution in [-0.4, -0.2) is 44.8 Å². The molecule has 11 heteroatoms. The Morgan fingerprint density at radius 3 is 2.14 bits per heavy atom. The minimum absolute atomic E-state index is 0.0154. The molecule has 0 aliphatic carbocycles. The van der Waals surface area contributed by atoms with Crippen LogP contribution < -0.4 is 9.62 Å². The first-order chi connectivity index (χ1) is 17.6. The molecule has 3 rings (SSSR count). The molecule has 3 aromatic carbocycles. The topological polar surface area (TPSA) is 86.8 Å². The van der Waals surface area contributed by atoms with Gasteiger partial charge < -0.3 is 10.2 Å². The Kier molecular flexibility index (Phi) is 9.84. The lowest BCUT2D eigenvalue weighted by Crippen LogP contribution is -2.51. The van der Waals surface area contributed by atoms with Gasteiger partial charge in [-0.05, 0) is 60.5 Å². The van der Waals surface area contributed by atoms with Crippen molar-refractivity contribution >= 4 is 62.3 Å². The molecular formula is C26H26Cl3N3O4S. The van der Waals surface area contributed by atoms with Crippen LogP contribution in [0.5, 0.6) is 0 Å². The number of carbonyl (C=O) groups excluding carboxylic acids is 2. The third-order valence-corrected chi connectivity index (χ3v) is 8.47. The van der Waals surface area contributed by atoms with Crippen LogP contribution in [0.25, 0.3) is 0 Å². The molecule has 0 bridgehead atoms. The van der Waals surface area contributed by atoms with E-state index in [2.05, 4.69) is 5.32 Å². The molecule has 37 heavy (non-hydrogen) atoms. The third-order valence-electron chi connectivity index (χ3n) is 5.69. The van der Waals surface area contributed by atoms with Crippen molar-refractivity contribution in [1.82, 2.24) is 10.2 Å². The van der Waals surface area contributed by atoms with Gasteiger partial charge in [-0.2, -0.15) is 0 Å².